The first-order valence-corrected chi connectivity index (χ1v) is 11.2. The quantitative estimate of drug-likeness (QED) is 0.647. The first-order valence-electron chi connectivity index (χ1n) is 8.99. The fourth-order valence-electron chi connectivity index (χ4n) is 2.87. The topological polar surface area (TPSA) is 84.9 Å². The maximum Gasteiger partial charge on any atom is 0.243 e. The van der Waals surface area contributed by atoms with Gasteiger partial charge in [-0.2, -0.15) is 0 Å². The summed E-state index contributed by atoms with van der Waals surface area (Å²) in [6, 6.07) is 10.9. The highest BCUT2D eigenvalue weighted by Gasteiger charge is 2.31. The van der Waals surface area contributed by atoms with Gasteiger partial charge in [0.25, 0.3) is 0 Å². The van der Waals surface area contributed by atoms with Crippen LogP contribution < -0.4 is 19.1 Å². The molecule has 1 atom stereocenters. The summed E-state index contributed by atoms with van der Waals surface area (Å²) in [5.74, 6) is 0.539. The van der Waals surface area contributed by atoms with E-state index < -0.39 is 22.0 Å². The molecule has 7 nitrogen and oxygen atoms in total. The number of sulfonamides is 1. The minimum absolute atomic E-state index is 0.198. The van der Waals surface area contributed by atoms with Gasteiger partial charge in [0.1, 0.15) is 17.5 Å². The number of amides is 1. The van der Waals surface area contributed by atoms with Gasteiger partial charge in [-0.3, -0.25) is 9.10 Å². The van der Waals surface area contributed by atoms with Crippen LogP contribution in [0.3, 0.4) is 0 Å². The molecule has 0 radical (unpaired) electrons. The van der Waals surface area contributed by atoms with E-state index in [1.165, 1.54) is 20.1 Å². The van der Waals surface area contributed by atoms with Crippen molar-refractivity contribution < 1.29 is 22.7 Å². The number of carbonyl (C=O) groups excluding carboxylic acids is 1. The van der Waals surface area contributed by atoms with E-state index in [-0.39, 0.29) is 12.2 Å². The lowest BCUT2D eigenvalue weighted by Gasteiger charge is -2.29. The average Bonchev–Trinajstić information content (AvgIpc) is 2.66. The Morgan fingerprint density at radius 3 is 2.59 bits per heavy atom. The van der Waals surface area contributed by atoms with E-state index in [0.29, 0.717) is 23.1 Å². The molecule has 1 amide bonds. The first kappa shape index (κ1) is 22.8. The number of rotatable bonds is 9. The Balaban J connectivity index is 2.24. The molecular formula is C20H25ClN2O5S. The highest BCUT2D eigenvalue weighted by Crippen LogP contribution is 2.34. The number of halogens is 1. The van der Waals surface area contributed by atoms with Gasteiger partial charge in [-0.05, 0) is 49.7 Å². The van der Waals surface area contributed by atoms with Gasteiger partial charge in [-0.1, -0.05) is 23.7 Å². The third kappa shape index (κ3) is 6.01. The number of anilines is 1. The molecule has 9 heteroatoms. The van der Waals surface area contributed by atoms with Crippen LogP contribution in [-0.2, 0) is 21.4 Å². The molecule has 1 N–H and O–H groups in total. The summed E-state index contributed by atoms with van der Waals surface area (Å²) >= 11 is 6.04. The van der Waals surface area contributed by atoms with Crippen LogP contribution in [0.15, 0.2) is 42.5 Å². The molecule has 0 heterocycles. The van der Waals surface area contributed by atoms with Gasteiger partial charge >= 0.3 is 0 Å². The summed E-state index contributed by atoms with van der Waals surface area (Å²) in [5, 5.41) is 3.10. The van der Waals surface area contributed by atoms with Gasteiger partial charge in [-0.15, -0.1) is 0 Å². The molecule has 0 aliphatic carbocycles. The van der Waals surface area contributed by atoms with E-state index in [1.807, 2.05) is 31.2 Å². The monoisotopic (exact) mass is 440 g/mol. The molecule has 2 aromatic rings. The Hall–Kier alpha value is -2.45. The predicted octanol–water partition coefficient (Wildman–Crippen LogP) is 3.22. The molecule has 0 bridgehead atoms. The van der Waals surface area contributed by atoms with E-state index in [0.717, 1.165) is 16.1 Å². The highest BCUT2D eigenvalue weighted by molar-refractivity contribution is 7.92. The summed E-state index contributed by atoms with van der Waals surface area (Å²) in [7, 11) is -2.37. The van der Waals surface area contributed by atoms with Crippen LogP contribution in [-0.4, -0.2) is 40.3 Å². The van der Waals surface area contributed by atoms with Crippen molar-refractivity contribution in [3.63, 3.8) is 0 Å². The van der Waals surface area contributed by atoms with Gasteiger partial charge in [-0.25, -0.2) is 8.42 Å². The molecule has 0 aliphatic rings. The zero-order chi connectivity index (χ0) is 21.6. The van der Waals surface area contributed by atoms with E-state index in [1.54, 1.807) is 12.1 Å². The van der Waals surface area contributed by atoms with Crippen LogP contribution in [0.25, 0.3) is 0 Å². The average molecular weight is 441 g/mol. The zero-order valence-corrected chi connectivity index (χ0v) is 18.4. The maximum atomic E-state index is 12.8. The normalized spacial score (nSPS) is 12.2. The van der Waals surface area contributed by atoms with Crippen LogP contribution in [0.1, 0.15) is 19.4 Å². The summed E-state index contributed by atoms with van der Waals surface area (Å²) in [4.78, 5) is 12.8. The van der Waals surface area contributed by atoms with Crippen LogP contribution in [0.4, 0.5) is 5.69 Å². The van der Waals surface area contributed by atoms with Crippen molar-refractivity contribution in [1.82, 2.24) is 5.32 Å². The molecule has 0 spiro atoms. The largest absolute Gasteiger partial charge is 0.495 e. The Bertz CT molecular complexity index is 965. The number of hydrogen-bond acceptors (Lipinski definition) is 5. The smallest absolute Gasteiger partial charge is 0.243 e. The summed E-state index contributed by atoms with van der Waals surface area (Å²) in [5.41, 5.74) is 1.03. The summed E-state index contributed by atoms with van der Waals surface area (Å²) < 4.78 is 36.7. The minimum atomic E-state index is -3.79. The Labute approximate surface area is 176 Å². The van der Waals surface area contributed by atoms with Crippen LogP contribution in [0.2, 0.25) is 5.02 Å². The van der Waals surface area contributed by atoms with Gasteiger partial charge in [0.05, 0.1) is 25.7 Å². The van der Waals surface area contributed by atoms with Crippen molar-refractivity contribution in [1.29, 1.82) is 0 Å². The molecule has 0 unspecified atom stereocenters. The van der Waals surface area contributed by atoms with Gasteiger partial charge < -0.3 is 14.8 Å². The Morgan fingerprint density at radius 1 is 1.24 bits per heavy atom. The van der Waals surface area contributed by atoms with Gasteiger partial charge in [0, 0.05) is 11.6 Å². The lowest BCUT2D eigenvalue weighted by Crippen LogP contribution is -2.47. The molecule has 0 saturated heterocycles. The number of hydrogen-bond donors (Lipinski definition) is 1. The van der Waals surface area contributed by atoms with E-state index in [9.17, 15) is 13.2 Å². The number of ether oxygens (including phenoxy) is 2. The number of nitrogens with one attached hydrogen (secondary N) is 1. The SMILES string of the molecule is CCOc1cccc(CNC(=O)[C@H](C)N(c2cc(Cl)ccc2OC)S(C)(=O)=O)c1. The molecule has 158 valence electrons. The standard InChI is InChI=1S/C20H25ClN2O5S/c1-5-28-17-8-6-7-15(11-17)13-22-20(24)14(2)23(29(4,25)26)18-12-16(21)9-10-19(18)27-3/h6-12,14H,5,13H2,1-4H3,(H,22,24)/t14-/m0/s1. The lowest BCUT2D eigenvalue weighted by molar-refractivity contribution is -0.122. The molecule has 0 aliphatic heterocycles. The third-order valence-corrected chi connectivity index (χ3v) is 5.61. The van der Waals surface area contributed by atoms with Crippen LogP contribution >= 0.6 is 11.6 Å². The van der Waals surface area contributed by atoms with E-state index >= 15 is 0 Å². The van der Waals surface area contributed by atoms with Gasteiger partial charge in [0.15, 0.2) is 0 Å². The fourth-order valence-corrected chi connectivity index (χ4v) is 4.20. The fraction of sp³-hybridized carbons (Fsp3) is 0.350. The van der Waals surface area contributed by atoms with Crippen molar-refractivity contribution in [3.8, 4) is 11.5 Å². The van der Waals surface area contributed by atoms with Crippen LogP contribution in [0.5, 0.6) is 11.5 Å². The second kappa shape index (κ2) is 9.84. The maximum absolute atomic E-state index is 12.8. The molecule has 0 aromatic heterocycles. The minimum Gasteiger partial charge on any atom is -0.495 e. The van der Waals surface area contributed by atoms with Crippen molar-refractivity contribution in [2.75, 3.05) is 24.3 Å². The van der Waals surface area contributed by atoms with Crippen molar-refractivity contribution in [2.24, 2.45) is 0 Å². The van der Waals surface area contributed by atoms with Crippen LogP contribution in [0, 0.1) is 0 Å². The first-order chi connectivity index (χ1) is 13.7. The second-order valence-corrected chi connectivity index (χ2v) is 8.65. The molecule has 0 saturated carbocycles. The number of benzene rings is 2. The van der Waals surface area contributed by atoms with E-state index in [4.69, 9.17) is 21.1 Å². The van der Waals surface area contributed by atoms with Crippen molar-refractivity contribution in [2.45, 2.75) is 26.4 Å². The van der Waals surface area contributed by atoms with E-state index in [2.05, 4.69) is 5.32 Å². The number of methoxy groups -OCH3 is 1. The Morgan fingerprint density at radius 2 is 1.97 bits per heavy atom. The molecule has 2 rings (SSSR count). The van der Waals surface area contributed by atoms with Crippen molar-refractivity contribution >= 4 is 33.2 Å². The highest BCUT2D eigenvalue weighted by atomic mass is 35.5. The Kier molecular flexibility index (Phi) is 7.75. The number of carbonyl (C=O) groups is 1. The summed E-state index contributed by atoms with van der Waals surface area (Å²) in [6.45, 7) is 4.17. The summed E-state index contributed by atoms with van der Waals surface area (Å²) in [6.07, 6.45) is 1.03. The van der Waals surface area contributed by atoms with Gasteiger partial charge in [0.2, 0.25) is 15.9 Å². The molecule has 29 heavy (non-hydrogen) atoms. The molecular weight excluding hydrogens is 416 g/mol. The zero-order valence-electron chi connectivity index (χ0n) is 16.8. The third-order valence-electron chi connectivity index (χ3n) is 4.14. The molecule has 2 aromatic carbocycles. The predicted molar refractivity (Wildman–Crippen MR) is 114 cm³/mol. The lowest BCUT2D eigenvalue weighted by atomic mass is 10.2. The number of nitrogens with zero attached hydrogens (tertiary/aromatic N) is 1. The van der Waals surface area contributed by atoms with Crippen molar-refractivity contribution in [3.05, 3.63) is 53.1 Å². The molecule has 0 fully saturated rings. The second-order valence-electron chi connectivity index (χ2n) is 6.35.